The molecule has 0 aromatic carbocycles. The van der Waals surface area contributed by atoms with E-state index in [0.29, 0.717) is 0 Å². The third-order valence-electron chi connectivity index (χ3n) is 4.97. The molecule has 9 heteroatoms. The Balaban J connectivity index is 1.69. The lowest BCUT2D eigenvalue weighted by molar-refractivity contribution is -0.155. The van der Waals surface area contributed by atoms with Gasteiger partial charge in [0.25, 0.3) is 0 Å². The van der Waals surface area contributed by atoms with Gasteiger partial charge in [0.2, 0.25) is 0 Å². The molecule has 9 nitrogen and oxygen atoms in total. The van der Waals surface area contributed by atoms with Gasteiger partial charge in [-0.15, -0.1) is 6.42 Å². The first kappa shape index (κ1) is 19.4. The van der Waals surface area contributed by atoms with Crippen molar-refractivity contribution in [3.8, 4) is 12.3 Å². The topological polar surface area (TPSA) is 137 Å². The maximum Gasteiger partial charge on any atom is 0.351 e. The molecule has 4 N–H and O–H groups in total. The fraction of sp³-hybridized carbons (Fsp3) is 0.611. The number of nitrogens with zero attached hydrogens (tertiary/aromatic N) is 2. The van der Waals surface area contributed by atoms with Crippen LogP contribution in [0.15, 0.2) is 11.0 Å². The van der Waals surface area contributed by atoms with Crippen molar-refractivity contribution < 1.29 is 24.5 Å². The van der Waals surface area contributed by atoms with Crippen LogP contribution in [0, 0.1) is 12.3 Å². The highest BCUT2D eigenvalue weighted by Gasteiger charge is 2.45. The minimum atomic E-state index is -1.44. The molecule has 1 aromatic heterocycles. The van der Waals surface area contributed by atoms with Gasteiger partial charge in [0, 0.05) is 6.20 Å². The quantitative estimate of drug-likeness (QED) is 0.480. The Bertz CT molecular complexity index is 795. The second-order valence-corrected chi connectivity index (χ2v) is 6.87. The smallest absolute Gasteiger partial charge is 0.351 e. The van der Waals surface area contributed by atoms with Crippen molar-refractivity contribution in [2.24, 2.45) is 0 Å². The molecule has 3 rings (SSSR count). The van der Waals surface area contributed by atoms with E-state index >= 15 is 0 Å². The number of nitrogens with two attached hydrogens (primary N) is 1. The zero-order valence-corrected chi connectivity index (χ0v) is 14.8. The Morgan fingerprint density at radius 2 is 2.07 bits per heavy atom. The maximum atomic E-state index is 12.2. The maximum absolute atomic E-state index is 12.2. The molecule has 0 radical (unpaired) electrons. The van der Waals surface area contributed by atoms with Crippen LogP contribution in [0.3, 0.4) is 0 Å². The number of esters is 1. The Hall–Kier alpha value is -2.41. The van der Waals surface area contributed by atoms with Crippen molar-refractivity contribution in [2.45, 2.75) is 69.2 Å². The van der Waals surface area contributed by atoms with Gasteiger partial charge in [-0.2, -0.15) is 4.98 Å². The number of anilines is 1. The number of rotatable bonds is 4. The molecule has 4 atom stereocenters. The summed E-state index contributed by atoms with van der Waals surface area (Å²) in [6, 6.07) is 0. The normalized spacial score (nSPS) is 28.6. The van der Waals surface area contributed by atoms with E-state index < -0.39 is 36.2 Å². The van der Waals surface area contributed by atoms with E-state index in [0.717, 1.165) is 36.7 Å². The molecule has 0 bridgehead atoms. The molecule has 2 aliphatic rings. The van der Waals surface area contributed by atoms with Crippen LogP contribution in [0.2, 0.25) is 0 Å². The lowest BCUT2D eigenvalue weighted by atomic mass is 9.98. The van der Waals surface area contributed by atoms with Crippen LogP contribution < -0.4 is 11.4 Å². The van der Waals surface area contributed by atoms with Crippen LogP contribution >= 0.6 is 0 Å². The SMILES string of the molecule is C#Cc1cn([C@@H]2O[C@H](CC(=O)OC3CCCCC3)[C@@H](O)[C@H]2O)c(=O)nc1N. The van der Waals surface area contributed by atoms with Gasteiger partial charge in [-0.1, -0.05) is 12.3 Å². The standard InChI is InChI=1S/C18H23N3O6/c1-2-10-9-21(18(25)20-16(10)19)17-15(24)14(23)12(27-17)8-13(22)26-11-6-4-3-5-7-11/h1,9,11-12,14-15,17,23-24H,3-8H2,(H2,19,20,25)/t12-,14-,15-,17-/m1/s1. The van der Waals surface area contributed by atoms with E-state index in [1.54, 1.807) is 0 Å². The fourth-order valence-corrected chi connectivity index (χ4v) is 3.48. The third-order valence-corrected chi connectivity index (χ3v) is 4.97. The van der Waals surface area contributed by atoms with E-state index in [2.05, 4.69) is 10.9 Å². The van der Waals surface area contributed by atoms with Gasteiger partial charge in [0.15, 0.2) is 6.23 Å². The van der Waals surface area contributed by atoms with Crippen LogP contribution in [0.25, 0.3) is 0 Å². The number of aliphatic hydroxyl groups excluding tert-OH is 2. The molecule has 2 heterocycles. The Kier molecular flexibility index (Phi) is 5.79. The van der Waals surface area contributed by atoms with Crippen molar-refractivity contribution in [3.63, 3.8) is 0 Å². The van der Waals surface area contributed by atoms with Gasteiger partial charge in [-0.3, -0.25) is 9.36 Å². The van der Waals surface area contributed by atoms with Crippen molar-refractivity contribution in [3.05, 3.63) is 22.2 Å². The number of terminal acetylenes is 1. The van der Waals surface area contributed by atoms with E-state index in [-0.39, 0.29) is 23.9 Å². The fourth-order valence-electron chi connectivity index (χ4n) is 3.48. The summed E-state index contributed by atoms with van der Waals surface area (Å²) in [5.41, 5.74) is 4.93. The van der Waals surface area contributed by atoms with E-state index in [1.807, 2.05) is 0 Å². The number of hydrogen-bond donors (Lipinski definition) is 3. The minimum absolute atomic E-state index is 0.112. The first-order valence-electron chi connectivity index (χ1n) is 8.97. The van der Waals surface area contributed by atoms with Crippen molar-refractivity contribution in [1.29, 1.82) is 0 Å². The molecule has 0 amide bonds. The van der Waals surface area contributed by atoms with E-state index in [4.69, 9.17) is 21.6 Å². The summed E-state index contributed by atoms with van der Waals surface area (Å²) in [6.07, 6.45) is 5.96. The summed E-state index contributed by atoms with van der Waals surface area (Å²) in [7, 11) is 0. The number of nitrogen functional groups attached to an aromatic ring is 1. The Morgan fingerprint density at radius 1 is 1.37 bits per heavy atom. The zero-order chi connectivity index (χ0) is 19.6. The summed E-state index contributed by atoms with van der Waals surface area (Å²) in [5, 5.41) is 20.5. The number of aromatic nitrogens is 2. The number of carbonyl (C=O) groups is 1. The molecule has 0 spiro atoms. The van der Waals surface area contributed by atoms with E-state index in [9.17, 15) is 19.8 Å². The summed E-state index contributed by atoms with van der Waals surface area (Å²) >= 11 is 0. The van der Waals surface area contributed by atoms with Gasteiger partial charge in [-0.25, -0.2) is 4.79 Å². The summed E-state index contributed by atoms with van der Waals surface area (Å²) in [4.78, 5) is 27.8. The number of carbonyl (C=O) groups excluding carboxylic acids is 1. The van der Waals surface area contributed by atoms with Gasteiger partial charge in [0.1, 0.15) is 24.1 Å². The Morgan fingerprint density at radius 3 is 2.74 bits per heavy atom. The van der Waals surface area contributed by atoms with Crippen molar-refractivity contribution in [2.75, 3.05) is 5.73 Å². The van der Waals surface area contributed by atoms with Crippen LogP contribution in [0.5, 0.6) is 0 Å². The molecule has 1 aliphatic heterocycles. The minimum Gasteiger partial charge on any atom is -0.462 e. The molecule has 1 aromatic rings. The van der Waals surface area contributed by atoms with Crippen molar-refractivity contribution >= 4 is 11.8 Å². The van der Waals surface area contributed by atoms with Crippen LogP contribution in [0.1, 0.15) is 50.3 Å². The van der Waals surface area contributed by atoms with Gasteiger partial charge in [-0.05, 0) is 25.7 Å². The average Bonchev–Trinajstić information content (AvgIpc) is 2.91. The number of hydrogen-bond acceptors (Lipinski definition) is 8. The Labute approximate surface area is 156 Å². The van der Waals surface area contributed by atoms with Gasteiger partial charge < -0.3 is 25.4 Å². The molecular weight excluding hydrogens is 354 g/mol. The molecular formula is C18H23N3O6. The lowest BCUT2D eigenvalue weighted by Gasteiger charge is -2.23. The highest BCUT2D eigenvalue weighted by atomic mass is 16.6. The third kappa shape index (κ3) is 4.13. The highest BCUT2D eigenvalue weighted by molar-refractivity contribution is 5.70. The summed E-state index contributed by atoms with van der Waals surface area (Å²) < 4.78 is 11.9. The number of ether oxygens (including phenoxy) is 2. The van der Waals surface area contributed by atoms with Gasteiger partial charge in [0.05, 0.1) is 18.1 Å². The molecule has 27 heavy (non-hydrogen) atoms. The first-order chi connectivity index (χ1) is 12.9. The van der Waals surface area contributed by atoms with Crippen LogP contribution in [-0.4, -0.2) is 50.1 Å². The van der Waals surface area contributed by atoms with Crippen LogP contribution in [0.4, 0.5) is 5.82 Å². The number of aliphatic hydroxyl groups is 2. The second kappa shape index (κ2) is 8.08. The summed E-state index contributed by atoms with van der Waals surface area (Å²) in [5.74, 6) is 1.66. The monoisotopic (exact) mass is 377 g/mol. The van der Waals surface area contributed by atoms with Crippen LogP contribution in [-0.2, 0) is 14.3 Å². The molecule has 1 aliphatic carbocycles. The lowest BCUT2D eigenvalue weighted by Crippen LogP contribution is -2.36. The molecule has 146 valence electrons. The zero-order valence-electron chi connectivity index (χ0n) is 14.8. The largest absolute Gasteiger partial charge is 0.462 e. The highest BCUT2D eigenvalue weighted by Crippen LogP contribution is 2.31. The van der Waals surface area contributed by atoms with Crippen molar-refractivity contribution in [1.82, 2.24) is 9.55 Å². The van der Waals surface area contributed by atoms with E-state index in [1.165, 1.54) is 6.20 Å². The molecule has 1 saturated heterocycles. The summed E-state index contributed by atoms with van der Waals surface area (Å²) in [6.45, 7) is 0. The average molecular weight is 377 g/mol. The van der Waals surface area contributed by atoms with Gasteiger partial charge >= 0.3 is 11.7 Å². The second-order valence-electron chi connectivity index (χ2n) is 6.87. The predicted molar refractivity (Wildman–Crippen MR) is 94.4 cm³/mol. The molecule has 0 unspecified atom stereocenters. The molecule has 2 fully saturated rings. The first-order valence-corrected chi connectivity index (χ1v) is 8.97. The molecule has 1 saturated carbocycles. The predicted octanol–water partition coefficient (Wildman–Crippen LogP) is -0.308.